The van der Waals surface area contributed by atoms with E-state index in [-0.39, 0.29) is 5.41 Å². The predicted molar refractivity (Wildman–Crippen MR) is 63.2 cm³/mol. The topological polar surface area (TPSA) is 45.7 Å². The van der Waals surface area contributed by atoms with Crippen molar-refractivity contribution in [3.63, 3.8) is 0 Å². The monoisotopic (exact) mass is 213 g/mol. The molecular formula is C11H23N3O. The van der Waals surface area contributed by atoms with Crippen LogP contribution in [0.25, 0.3) is 0 Å². The number of hydrogen-bond donors (Lipinski definition) is 2. The maximum absolute atomic E-state index is 5.20. The second kappa shape index (κ2) is 5.35. The molecule has 4 heteroatoms. The molecule has 1 rings (SSSR count). The average Bonchev–Trinajstić information content (AvgIpc) is 2.11. The zero-order valence-corrected chi connectivity index (χ0v) is 10.3. The molecule has 0 atom stereocenters. The van der Waals surface area contributed by atoms with E-state index < -0.39 is 0 Å². The van der Waals surface area contributed by atoms with Crippen molar-refractivity contribution in [2.45, 2.75) is 33.7 Å². The quantitative estimate of drug-likeness (QED) is 0.540. The van der Waals surface area contributed by atoms with Crippen molar-refractivity contribution in [2.24, 2.45) is 10.4 Å². The van der Waals surface area contributed by atoms with E-state index in [9.17, 15) is 0 Å². The number of nitrogens with zero attached hydrogens (tertiary/aromatic N) is 1. The van der Waals surface area contributed by atoms with Crippen molar-refractivity contribution >= 4 is 5.96 Å². The molecule has 0 aromatic carbocycles. The summed E-state index contributed by atoms with van der Waals surface area (Å²) in [5.74, 6) is 0.903. The first kappa shape index (κ1) is 12.3. The van der Waals surface area contributed by atoms with E-state index in [1.165, 1.54) is 0 Å². The Morgan fingerprint density at radius 1 is 1.47 bits per heavy atom. The molecule has 2 N–H and O–H groups in total. The molecule has 0 bridgehead atoms. The molecule has 88 valence electrons. The van der Waals surface area contributed by atoms with Gasteiger partial charge in [0, 0.05) is 18.0 Å². The number of nitrogens with one attached hydrogen (secondary N) is 2. The molecule has 0 saturated carbocycles. The molecule has 4 nitrogen and oxygen atoms in total. The van der Waals surface area contributed by atoms with Gasteiger partial charge in [0.05, 0.1) is 19.8 Å². The Kier molecular flexibility index (Phi) is 4.39. The molecule has 0 amide bonds. The first-order valence-electron chi connectivity index (χ1n) is 5.68. The van der Waals surface area contributed by atoms with Gasteiger partial charge in [-0.25, -0.2) is 0 Å². The largest absolute Gasteiger partial charge is 0.380 e. The summed E-state index contributed by atoms with van der Waals surface area (Å²) in [6, 6.07) is 0.410. The smallest absolute Gasteiger partial charge is 0.191 e. The normalized spacial score (nSPS) is 19.9. The molecule has 15 heavy (non-hydrogen) atoms. The molecule has 1 fully saturated rings. The summed E-state index contributed by atoms with van der Waals surface area (Å²) in [7, 11) is 0. The number of aliphatic imine (C=N–C) groups is 1. The molecule has 0 aliphatic carbocycles. The third kappa shape index (κ3) is 4.08. The van der Waals surface area contributed by atoms with Crippen molar-refractivity contribution in [3.05, 3.63) is 0 Å². The van der Waals surface area contributed by atoms with Gasteiger partial charge >= 0.3 is 0 Å². The highest BCUT2D eigenvalue weighted by Crippen LogP contribution is 2.26. The van der Waals surface area contributed by atoms with Gasteiger partial charge in [-0.3, -0.25) is 4.99 Å². The second-order valence-electron chi connectivity index (χ2n) is 4.80. The average molecular weight is 213 g/mol. The van der Waals surface area contributed by atoms with Crippen LogP contribution in [0, 0.1) is 5.41 Å². The lowest BCUT2D eigenvalue weighted by molar-refractivity contribution is -0.0945. The number of ether oxygens (including phenoxy) is 1. The molecule has 0 radical (unpaired) electrons. The molecule has 1 heterocycles. The lowest BCUT2D eigenvalue weighted by Gasteiger charge is -2.36. The molecular weight excluding hydrogens is 190 g/mol. The van der Waals surface area contributed by atoms with Crippen LogP contribution in [-0.2, 0) is 4.74 Å². The Morgan fingerprint density at radius 3 is 2.53 bits per heavy atom. The van der Waals surface area contributed by atoms with Crippen LogP contribution in [0.2, 0.25) is 0 Å². The van der Waals surface area contributed by atoms with Crippen molar-refractivity contribution in [3.8, 4) is 0 Å². The molecule has 0 aromatic rings. The van der Waals surface area contributed by atoms with Crippen LogP contribution in [0.15, 0.2) is 4.99 Å². The Morgan fingerprint density at radius 2 is 2.13 bits per heavy atom. The minimum atomic E-state index is 0.249. The first-order chi connectivity index (χ1) is 7.06. The number of rotatable bonds is 4. The van der Waals surface area contributed by atoms with Crippen molar-refractivity contribution < 1.29 is 4.74 Å². The van der Waals surface area contributed by atoms with Gasteiger partial charge in [0.15, 0.2) is 5.96 Å². The van der Waals surface area contributed by atoms with Gasteiger partial charge in [-0.1, -0.05) is 6.92 Å². The number of hydrogen-bond acceptors (Lipinski definition) is 2. The van der Waals surface area contributed by atoms with Gasteiger partial charge in [-0.2, -0.15) is 0 Å². The van der Waals surface area contributed by atoms with E-state index in [4.69, 9.17) is 4.74 Å². The summed E-state index contributed by atoms with van der Waals surface area (Å²) in [6.45, 7) is 11.9. The van der Waals surface area contributed by atoms with E-state index in [1.54, 1.807) is 0 Å². The molecule has 0 aromatic heterocycles. The lowest BCUT2D eigenvalue weighted by atomic mass is 9.89. The van der Waals surface area contributed by atoms with Gasteiger partial charge in [0.2, 0.25) is 0 Å². The maximum Gasteiger partial charge on any atom is 0.191 e. The van der Waals surface area contributed by atoms with E-state index in [0.29, 0.717) is 6.04 Å². The summed E-state index contributed by atoms with van der Waals surface area (Å²) in [5, 5.41) is 6.53. The van der Waals surface area contributed by atoms with Crippen LogP contribution in [0.3, 0.4) is 0 Å². The first-order valence-corrected chi connectivity index (χ1v) is 5.68. The van der Waals surface area contributed by atoms with Gasteiger partial charge < -0.3 is 15.4 Å². The van der Waals surface area contributed by atoms with Gasteiger partial charge in [-0.15, -0.1) is 0 Å². The Balaban J connectivity index is 2.42. The predicted octanol–water partition coefficient (Wildman–Crippen LogP) is 0.986. The zero-order valence-electron chi connectivity index (χ0n) is 10.3. The molecule has 0 spiro atoms. The fourth-order valence-corrected chi connectivity index (χ4v) is 1.41. The van der Waals surface area contributed by atoms with E-state index in [2.05, 4.69) is 43.3 Å². The summed E-state index contributed by atoms with van der Waals surface area (Å²) in [6.07, 6.45) is 0. The lowest BCUT2D eigenvalue weighted by Crippen LogP contribution is -2.45. The fraction of sp³-hybridized carbons (Fsp3) is 0.909. The Bertz CT molecular complexity index is 222. The molecule has 1 aliphatic heterocycles. The SMILES string of the molecule is CCNC(=NCC1(C)COC1)NC(C)C. The minimum absolute atomic E-state index is 0.249. The third-order valence-corrected chi connectivity index (χ3v) is 2.29. The van der Waals surface area contributed by atoms with E-state index >= 15 is 0 Å². The number of guanidine groups is 1. The summed E-state index contributed by atoms with van der Waals surface area (Å²) >= 11 is 0. The van der Waals surface area contributed by atoms with Gasteiger partial charge in [0.25, 0.3) is 0 Å². The van der Waals surface area contributed by atoms with Gasteiger partial charge in [-0.05, 0) is 20.8 Å². The maximum atomic E-state index is 5.20. The fourth-order valence-electron chi connectivity index (χ4n) is 1.41. The summed E-state index contributed by atoms with van der Waals surface area (Å²) in [4.78, 5) is 4.56. The van der Waals surface area contributed by atoms with Gasteiger partial charge in [0.1, 0.15) is 0 Å². The van der Waals surface area contributed by atoms with Crippen LogP contribution in [-0.4, -0.2) is 38.3 Å². The van der Waals surface area contributed by atoms with Crippen molar-refractivity contribution in [1.82, 2.24) is 10.6 Å². The van der Waals surface area contributed by atoms with Crippen molar-refractivity contribution in [1.29, 1.82) is 0 Å². The Labute approximate surface area is 92.5 Å². The van der Waals surface area contributed by atoms with Crippen LogP contribution in [0.5, 0.6) is 0 Å². The van der Waals surface area contributed by atoms with Crippen molar-refractivity contribution in [2.75, 3.05) is 26.3 Å². The highest BCUT2D eigenvalue weighted by molar-refractivity contribution is 5.80. The van der Waals surface area contributed by atoms with E-state index in [1.807, 2.05) is 0 Å². The van der Waals surface area contributed by atoms with Crippen LogP contribution in [0.1, 0.15) is 27.7 Å². The van der Waals surface area contributed by atoms with E-state index in [0.717, 1.165) is 32.3 Å². The third-order valence-electron chi connectivity index (χ3n) is 2.29. The zero-order chi connectivity index (χ0) is 11.3. The highest BCUT2D eigenvalue weighted by atomic mass is 16.5. The highest BCUT2D eigenvalue weighted by Gasteiger charge is 2.33. The van der Waals surface area contributed by atoms with Crippen LogP contribution in [0.4, 0.5) is 0 Å². The standard InChI is InChI=1S/C11H23N3O/c1-5-12-10(14-9(2)3)13-6-11(4)7-15-8-11/h9H,5-8H2,1-4H3,(H2,12,13,14). The molecule has 1 saturated heterocycles. The molecule has 1 aliphatic rings. The van der Waals surface area contributed by atoms with Crippen LogP contribution < -0.4 is 10.6 Å². The van der Waals surface area contributed by atoms with Crippen LogP contribution >= 0.6 is 0 Å². The minimum Gasteiger partial charge on any atom is -0.380 e. The summed E-state index contributed by atoms with van der Waals surface area (Å²) in [5.41, 5.74) is 0.249. The summed E-state index contributed by atoms with van der Waals surface area (Å²) < 4.78 is 5.20. The second-order valence-corrected chi connectivity index (χ2v) is 4.80. The Hall–Kier alpha value is -0.770. The molecule has 0 unspecified atom stereocenters.